The number of hydrogen-bond acceptors (Lipinski definition) is 5. The van der Waals surface area contributed by atoms with Gasteiger partial charge in [0.05, 0.1) is 24.6 Å². The van der Waals surface area contributed by atoms with E-state index >= 15 is 0 Å². The van der Waals surface area contributed by atoms with Crippen LogP contribution >= 0.6 is 38.9 Å². The Bertz CT molecular complexity index is 828. The lowest BCUT2D eigenvalue weighted by Crippen LogP contribution is -2.46. The average molecular weight is 475 g/mol. The minimum atomic E-state index is -0.793. The number of carboxylic acid groups (broad SMARTS) is 1. The van der Waals surface area contributed by atoms with Crippen molar-refractivity contribution in [3.8, 4) is 11.5 Å². The van der Waals surface area contributed by atoms with Crippen molar-refractivity contribution in [3.63, 3.8) is 0 Å². The molecular formula is C19H21BrClNO4S. The SMILES string of the molecule is COc1cc(Br)c(C(c2ccc(Cl)s2)N2CCCCC2C(=O)O)cc1OC. The molecule has 0 bridgehead atoms. The van der Waals surface area contributed by atoms with Gasteiger partial charge in [0.15, 0.2) is 11.5 Å². The molecule has 146 valence electrons. The first-order valence-electron chi connectivity index (χ1n) is 8.61. The molecule has 2 heterocycles. The summed E-state index contributed by atoms with van der Waals surface area (Å²) < 4.78 is 12.4. The Hall–Kier alpha value is -1.28. The van der Waals surface area contributed by atoms with Crippen molar-refractivity contribution < 1.29 is 19.4 Å². The highest BCUT2D eigenvalue weighted by Gasteiger charge is 2.37. The van der Waals surface area contributed by atoms with E-state index in [-0.39, 0.29) is 6.04 Å². The van der Waals surface area contributed by atoms with Crippen LogP contribution in [0, 0.1) is 0 Å². The van der Waals surface area contributed by atoms with Crippen LogP contribution < -0.4 is 9.47 Å². The first-order chi connectivity index (χ1) is 13.0. The third-order valence-corrected chi connectivity index (χ3v) is 6.79. The van der Waals surface area contributed by atoms with Crippen molar-refractivity contribution >= 4 is 44.8 Å². The number of ether oxygens (including phenoxy) is 2. The summed E-state index contributed by atoms with van der Waals surface area (Å²) in [5, 5.41) is 9.79. The fourth-order valence-corrected chi connectivity index (χ4v) is 5.32. The van der Waals surface area contributed by atoms with Gasteiger partial charge in [-0.3, -0.25) is 9.69 Å². The number of halogens is 2. The Morgan fingerprint density at radius 1 is 1.30 bits per heavy atom. The molecule has 1 aromatic heterocycles. The fraction of sp³-hybridized carbons (Fsp3) is 0.421. The van der Waals surface area contributed by atoms with Crippen LogP contribution in [-0.2, 0) is 4.79 Å². The van der Waals surface area contributed by atoms with E-state index in [2.05, 4.69) is 20.8 Å². The highest BCUT2D eigenvalue weighted by atomic mass is 79.9. The van der Waals surface area contributed by atoms with Gasteiger partial charge >= 0.3 is 5.97 Å². The molecule has 2 aromatic rings. The number of hydrogen-bond donors (Lipinski definition) is 1. The molecule has 0 spiro atoms. The van der Waals surface area contributed by atoms with Crippen LogP contribution in [0.15, 0.2) is 28.7 Å². The van der Waals surface area contributed by atoms with Crippen molar-refractivity contribution in [1.29, 1.82) is 0 Å². The van der Waals surface area contributed by atoms with Gasteiger partial charge in [-0.05, 0) is 49.2 Å². The number of benzene rings is 1. The summed E-state index contributed by atoms with van der Waals surface area (Å²) in [6, 6.07) is 6.81. The summed E-state index contributed by atoms with van der Waals surface area (Å²) in [6.45, 7) is 0.706. The lowest BCUT2D eigenvalue weighted by atomic mass is 9.95. The van der Waals surface area contributed by atoms with Crippen LogP contribution in [0.25, 0.3) is 0 Å². The van der Waals surface area contributed by atoms with Crippen molar-refractivity contribution in [2.45, 2.75) is 31.3 Å². The van der Waals surface area contributed by atoms with E-state index in [0.717, 1.165) is 27.8 Å². The van der Waals surface area contributed by atoms with Gasteiger partial charge in [0, 0.05) is 9.35 Å². The van der Waals surface area contributed by atoms with E-state index in [4.69, 9.17) is 21.1 Å². The Balaban J connectivity index is 2.15. The molecule has 1 aliphatic heterocycles. The Labute approximate surface area is 176 Å². The van der Waals surface area contributed by atoms with E-state index < -0.39 is 12.0 Å². The molecule has 1 N–H and O–H groups in total. The lowest BCUT2D eigenvalue weighted by molar-refractivity contribution is -0.145. The van der Waals surface area contributed by atoms with Gasteiger partial charge in [-0.2, -0.15) is 0 Å². The number of likely N-dealkylation sites (tertiary alicyclic amines) is 1. The van der Waals surface area contributed by atoms with Crippen molar-refractivity contribution in [3.05, 3.63) is 43.5 Å². The molecule has 2 unspecified atom stereocenters. The summed E-state index contributed by atoms with van der Waals surface area (Å²) in [6.07, 6.45) is 2.51. The Kier molecular flexibility index (Phi) is 6.68. The number of carbonyl (C=O) groups is 1. The molecule has 0 amide bonds. The standard InChI is InChI=1S/C19H21BrClNO4S/c1-25-14-9-11(12(20)10-15(14)26-2)18(16-6-7-17(21)27-16)22-8-4-3-5-13(22)19(23)24/h6-7,9-10,13,18H,3-5,8H2,1-2H3,(H,23,24). The number of rotatable bonds is 6. The van der Waals surface area contributed by atoms with Crippen molar-refractivity contribution in [2.24, 2.45) is 0 Å². The van der Waals surface area contributed by atoms with Crippen molar-refractivity contribution in [1.82, 2.24) is 4.90 Å². The molecule has 0 saturated carbocycles. The number of methoxy groups -OCH3 is 2. The van der Waals surface area contributed by atoms with E-state index in [1.165, 1.54) is 11.3 Å². The lowest BCUT2D eigenvalue weighted by Gasteiger charge is -2.39. The van der Waals surface area contributed by atoms with Gasteiger partial charge in [-0.1, -0.05) is 34.0 Å². The predicted molar refractivity (Wildman–Crippen MR) is 110 cm³/mol. The maximum absolute atomic E-state index is 11.9. The van der Waals surface area contributed by atoms with Crippen LogP contribution in [0.2, 0.25) is 4.34 Å². The van der Waals surface area contributed by atoms with Gasteiger partial charge in [-0.25, -0.2) is 0 Å². The van der Waals surface area contributed by atoms with Gasteiger partial charge < -0.3 is 14.6 Å². The van der Waals surface area contributed by atoms with E-state index in [1.54, 1.807) is 14.2 Å². The minimum Gasteiger partial charge on any atom is -0.493 e. The van der Waals surface area contributed by atoms with Gasteiger partial charge in [-0.15, -0.1) is 11.3 Å². The van der Waals surface area contributed by atoms with E-state index in [9.17, 15) is 9.90 Å². The molecule has 2 atom stereocenters. The molecule has 8 heteroatoms. The maximum Gasteiger partial charge on any atom is 0.320 e. The molecule has 1 aromatic carbocycles. The van der Waals surface area contributed by atoms with Crippen LogP contribution in [0.4, 0.5) is 0 Å². The first-order valence-corrected chi connectivity index (χ1v) is 10.6. The second-order valence-electron chi connectivity index (χ2n) is 6.36. The van der Waals surface area contributed by atoms with E-state index in [0.29, 0.717) is 28.8 Å². The maximum atomic E-state index is 11.9. The summed E-state index contributed by atoms with van der Waals surface area (Å²) in [4.78, 5) is 15.0. The zero-order chi connectivity index (χ0) is 19.6. The summed E-state index contributed by atoms with van der Waals surface area (Å²) in [7, 11) is 3.18. The number of aliphatic carboxylic acids is 1. The number of piperidine rings is 1. The highest BCUT2D eigenvalue weighted by Crippen LogP contribution is 2.44. The summed E-state index contributed by atoms with van der Waals surface area (Å²) in [5.74, 6) is 0.427. The monoisotopic (exact) mass is 473 g/mol. The van der Waals surface area contributed by atoms with Gasteiger partial charge in [0.25, 0.3) is 0 Å². The number of nitrogens with zero attached hydrogens (tertiary/aromatic N) is 1. The smallest absolute Gasteiger partial charge is 0.320 e. The average Bonchev–Trinajstić information content (AvgIpc) is 3.09. The third kappa shape index (κ3) is 4.26. The number of carboxylic acids is 1. The number of thiophene rings is 1. The van der Waals surface area contributed by atoms with E-state index in [1.807, 2.05) is 24.3 Å². The molecule has 5 nitrogen and oxygen atoms in total. The Morgan fingerprint density at radius 2 is 2.00 bits per heavy atom. The molecular weight excluding hydrogens is 454 g/mol. The molecule has 1 aliphatic rings. The normalized spacial score (nSPS) is 18.9. The third-order valence-electron chi connectivity index (χ3n) is 4.82. The molecule has 3 rings (SSSR count). The van der Waals surface area contributed by atoms with Gasteiger partial charge in [0.2, 0.25) is 0 Å². The molecule has 1 saturated heterocycles. The molecule has 27 heavy (non-hydrogen) atoms. The molecule has 1 fully saturated rings. The summed E-state index contributed by atoms with van der Waals surface area (Å²) >= 11 is 11.3. The second kappa shape index (κ2) is 8.82. The predicted octanol–water partition coefficient (Wildman–Crippen LogP) is 5.21. The highest BCUT2D eigenvalue weighted by molar-refractivity contribution is 9.10. The molecule has 0 radical (unpaired) electrons. The Morgan fingerprint density at radius 3 is 2.59 bits per heavy atom. The zero-order valence-corrected chi connectivity index (χ0v) is 18.2. The second-order valence-corrected chi connectivity index (χ2v) is 8.96. The largest absolute Gasteiger partial charge is 0.493 e. The zero-order valence-electron chi connectivity index (χ0n) is 15.1. The minimum absolute atomic E-state index is 0.238. The topological polar surface area (TPSA) is 59.0 Å². The fourth-order valence-electron chi connectivity index (χ4n) is 3.58. The van der Waals surface area contributed by atoms with Gasteiger partial charge in [0.1, 0.15) is 6.04 Å². The molecule has 0 aliphatic carbocycles. The summed E-state index contributed by atoms with van der Waals surface area (Å²) in [5.41, 5.74) is 0.930. The van der Waals surface area contributed by atoms with Crippen LogP contribution in [0.1, 0.15) is 35.7 Å². The van der Waals surface area contributed by atoms with Crippen LogP contribution in [-0.4, -0.2) is 42.8 Å². The van der Waals surface area contributed by atoms with Crippen LogP contribution in [0.5, 0.6) is 11.5 Å². The van der Waals surface area contributed by atoms with Crippen molar-refractivity contribution in [2.75, 3.05) is 20.8 Å². The first kappa shape index (κ1) is 20.5. The van der Waals surface area contributed by atoms with Crippen LogP contribution in [0.3, 0.4) is 0 Å². The quantitative estimate of drug-likeness (QED) is 0.623.